The van der Waals surface area contributed by atoms with E-state index in [1.165, 1.54) is 0 Å². The van der Waals surface area contributed by atoms with Gasteiger partial charge in [-0.25, -0.2) is 0 Å². The van der Waals surface area contributed by atoms with Crippen LogP contribution in [0.25, 0.3) is 0 Å². The molecule has 0 unspecified atom stereocenters. The molecule has 1 aliphatic carbocycles. The molecule has 27 heavy (non-hydrogen) atoms. The van der Waals surface area contributed by atoms with Crippen molar-refractivity contribution >= 4 is 22.9 Å². The smallest absolute Gasteiger partial charge is 0.202 e. The summed E-state index contributed by atoms with van der Waals surface area (Å²) in [6, 6.07) is 16.7. The molecule has 0 aromatic heterocycles. The van der Waals surface area contributed by atoms with Crippen LogP contribution >= 0.6 is 0 Å². The average Bonchev–Trinajstić information content (AvgIpc) is 2.66. The lowest BCUT2D eigenvalue weighted by atomic mass is 9.72. The normalized spacial score (nSPS) is 17.3. The predicted molar refractivity (Wildman–Crippen MR) is 111 cm³/mol. The SMILES string of the molecule is CN(C)c1ccc(C(c2ccc(N(C)C)cc2)[C@@H]2CCCC(=O)C2=O)cc1. The third-order valence-corrected chi connectivity index (χ3v) is 5.47. The minimum atomic E-state index is -0.276. The van der Waals surface area contributed by atoms with E-state index in [2.05, 4.69) is 58.3 Å². The van der Waals surface area contributed by atoms with Crippen LogP contribution in [0.15, 0.2) is 48.5 Å². The lowest BCUT2D eigenvalue weighted by Crippen LogP contribution is -2.33. The van der Waals surface area contributed by atoms with Gasteiger partial charge in [0.15, 0.2) is 5.78 Å². The van der Waals surface area contributed by atoms with Gasteiger partial charge in [-0.3, -0.25) is 9.59 Å². The van der Waals surface area contributed by atoms with Crippen LogP contribution in [0.5, 0.6) is 0 Å². The second-order valence-electron chi connectivity index (χ2n) is 7.74. The fourth-order valence-corrected chi connectivity index (χ4v) is 3.88. The Kier molecular flexibility index (Phi) is 5.64. The topological polar surface area (TPSA) is 40.6 Å². The molecule has 0 radical (unpaired) electrons. The summed E-state index contributed by atoms with van der Waals surface area (Å²) in [6.07, 6.45) is 1.94. The van der Waals surface area contributed by atoms with Gasteiger partial charge >= 0.3 is 0 Å². The molecular formula is C23H28N2O2. The predicted octanol–water partition coefficient (Wildman–Crippen LogP) is 3.89. The van der Waals surface area contributed by atoms with Gasteiger partial charge in [0.05, 0.1) is 0 Å². The van der Waals surface area contributed by atoms with Crippen molar-refractivity contribution in [2.24, 2.45) is 5.92 Å². The summed E-state index contributed by atoms with van der Waals surface area (Å²) in [7, 11) is 8.04. The lowest BCUT2D eigenvalue weighted by Gasteiger charge is -2.30. The number of benzene rings is 2. The number of rotatable bonds is 5. The number of ketones is 2. The zero-order chi connectivity index (χ0) is 19.6. The molecule has 0 bridgehead atoms. The van der Waals surface area contributed by atoms with Crippen LogP contribution in [0.3, 0.4) is 0 Å². The third kappa shape index (κ3) is 4.05. The van der Waals surface area contributed by atoms with Gasteiger partial charge in [0.2, 0.25) is 5.78 Å². The summed E-state index contributed by atoms with van der Waals surface area (Å²) in [4.78, 5) is 28.9. The standard InChI is InChI=1S/C23H28N2O2/c1-24(2)18-12-8-16(9-13-18)22(20-6-5-7-21(26)23(20)27)17-10-14-19(15-11-17)25(3)4/h8-15,20,22H,5-7H2,1-4H3/t20-/m0/s1. The third-order valence-electron chi connectivity index (χ3n) is 5.47. The van der Waals surface area contributed by atoms with Crippen LogP contribution in [0.4, 0.5) is 11.4 Å². The Balaban J connectivity index is 2.02. The summed E-state index contributed by atoms with van der Waals surface area (Å²) < 4.78 is 0. The molecule has 0 N–H and O–H groups in total. The summed E-state index contributed by atoms with van der Waals surface area (Å²) in [6.45, 7) is 0. The maximum absolute atomic E-state index is 12.7. The Labute approximate surface area is 161 Å². The van der Waals surface area contributed by atoms with E-state index in [0.717, 1.165) is 35.3 Å². The van der Waals surface area contributed by atoms with Crippen molar-refractivity contribution in [1.82, 2.24) is 0 Å². The van der Waals surface area contributed by atoms with Gasteiger partial charge in [0.1, 0.15) is 0 Å². The van der Waals surface area contributed by atoms with Crippen LogP contribution in [0.2, 0.25) is 0 Å². The Morgan fingerprint density at radius 1 is 0.778 bits per heavy atom. The highest BCUT2D eigenvalue weighted by Crippen LogP contribution is 2.39. The molecule has 0 heterocycles. The summed E-state index contributed by atoms with van der Waals surface area (Å²) in [5, 5.41) is 0. The van der Waals surface area contributed by atoms with Crippen molar-refractivity contribution in [2.75, 3.05) is 38.0 Å². The monoisotopic (exact) mass is 364 g/mol. The minimum absolute atomic E-state index is 0.0887. The second-order valence-corrected chi connectivity index (χ2v) is 7.74. The van der Waals surface area contributed by atoms with Gasteiger partial charge < -0.3 is 9.80 Å². The van der Waals surface area contributed by atoms with Crippen LogP contribution in [-0.4, -0.2) is 39.8 Å². The first-order valence-electron chi connectivity index (χ1n) is 9.50. The highest BCUT2D eigenvalue weighted by Gasteiger charge is 2.36. The van der Waals surface area contributed by atoms with Crippen molar-refractivity contribution in [3.05, 3.63) is 59.7 Å². The average molecular weight is 364 g/mol. The van der Waals surface area contributed by atoms with Gasteiger partial charge in [-0.2, -0.15) is 0 Å². The van der Waals surface area contributed by atoms with Gasteiger partial charge in [0.25, 0.3) is 0 Å². The number of hydrogen-bond donors (Lipinski definition) is 0. The molecule has 1 atom stereocenters. The number of nitrogens with zero attached hydrogens (tertiary/aromatic N) is 2. The maximum Gasteiger partial charge on any atom is 0.202 e. The van der Waals surface area contributed by atoms with E-state index in [9.17, 15) is 9.59 Å². The van der Waals surface area contributed by atoms with E-state index in [1.54, 1.807) is 0 Å². The molecule has 4 nitrogen and oxygen atoms in total. The molecule has 2 aromatic carbocycles. The van der Waals surface area contributed by atoms with Crippen LogP contribution < -0.4 is 9.80 Å². The number of carbonyl (C=O) groups excluding carboxylic acids is 2. The molecule has 3 rings (SSSR count). The fourth-order valence-electron chi connectivity index (χ4n) is 3.88. The summed E-state index contributed by atoms with van der Waals surface area (Å²) >= 11 is 0. The van der Waals surface area contributed by atoms with Crippen molar-refractivity contribution in [3.8, 4) is 0 Å². The van der Waals surface area contributed by atoms with Crippen molar-refractivity contribution in [3.63, 3.8) is 0 Å². The van der Waals surface area contributed by atoms with Gasteiger partial charge in [0, 0.05) is 57.8 Å². The molecule has 0 saturated heterocycles. The van der Waals surface area contributed by atoms with E-state index < -0.39 is 0 Å². The van der Waals surface area contributed by atoms with Crippen molar-refractivity contribution < 1.29 is 9.59 Å². The highest BCUT2D eigenvalue weighted by atomic mass is 16.2. The quantitative estimate of drug-likeness (QED) is 0.755. The van der Waals surface area contributed by atoms with Gasteiger partial charge in [-0.1, -0.05) is 24.3 Å². The molecule has 4 heteroatoms. The zero-order valence-electron chi connectivity index (χ0n) is 16.6. The Bertz CT molecular complexity index is 756. The van der Waals surface area contributed by atoms with Crippen LogP contribution in [-0.2, 0) is 9.59 Å². The minimum Gasteiger partial charge on any atom is -0.378 e. The molecule has 1 saturated carbocycles. The number of carbonyl (C=O) groups is 2. The summed E-state index contributed by atoms with van der Waals surface area (Å²) in [5.41, 5.74) is 4.41. The maximum atomic E-state index is 12.7. The van der Waals surface area contributed by atoms with Gasteiger partial charge in [-0.15, -0.1) is 0 Å². The first-order valence-corrected chi connectivity index (χ1v) is 9.50. The van der Waals surface area contributed by atoms with E-state index in [1.807, 2.05) is 28.2 Å². The first-order chi connectivity index (χ1) is 12.9. The second kappa shape index (κ2) is 7.95. The van der Waals surface area contributed by atoms with E-state index in [4.69, 9.17) is 0 Å². The molecule has 142 valence electrons. The van der Waals surface area contributed by atoms with Crippen molar-refractivity contribution in [2.45, 2.75) is 25.2 Å². The Hall–Kier alpha value is -2.62. The Morgan fingerprint density at radius 2 is 1.22 bits per heavy atom. The van der Waals surface area contributed by atoms with E-state index >= 15 is 0 Å². The fraction of sp³-hybridized carbons (Fsp3) is 0.391. The van der Waals surface area contributed by atoms with Crippen molar-refractivity contribution in [1.29, 1.82) is 0 Å². The Morgan fingerprint density at radius 3 is 1.63 bits per heavy atom. The number of anilines is 2. The van der Waals surface area contributed by atoms with Gasteiger partial charge in [-0.05, 0) is 48.2 Å². The molecule has 0 amide bonds. The number of hydrogen-bond acceptors (Lipinski definition) is 4. The zero-order valence-corrected chi connectivity index (χ0v) is 16.6. The molecule has 1 fully saturated rings. The molecule has 0 spiro atoms. The molecule has 2 aromatic rings. The first kappa shape index (κ1) is 19.2. The molecule has 1 aliphatic rings. The largest absolute Gasteiger partial charge is 0.378 e. The van der Waals surface area contributed by atoms with Crippen LogP contribution in [0, 0.1) is 5.92 Å². The molecule has 0 aliphatic heterocycles. The lowest BCUT2D eigenvalue weighted by molar-refractivity contribution is -0.141. The highest BCUT2D eigenvalue weighted by molar-refractivity contribution is 6.38. The summed E-state index contributed by atoms with van der Waals surface area (Å²) in [5.74, 6) is -0.790. The van der Waals surface area contributed by atoms with E-state index in [0.29, 0.717) is 6.42 Å². The number of Topliss-reactive ketones (excluding diaryl/α,β-unsaturated/α-hetero) is 2. The molecular weight excluding hydrogens is 336 g/mol. The van der Waals surface area contributed by atoms with Crippen LogP contribution in [0.1, 0.15) is 36.3 Å². The van der Waals surface area contributed by atoms with E-state index in [-0.39, 0.29) is 23.4 Å².